The predicted molar refractivity (Wildman–Crippen MR) is 96.6 cm³/mol. The molecule has 0 aliphatic carbocycles. The Morgan fingerprint density at radius 1 is 1.22 bits per heavy atom. The fourth-order valence-electron chi connectivity index (χ4n) is 1.98. The lowest BCUT2D eigenvalue weighted by Crippen LogP contribution is -2.44. The highest BCUT2D eigenvalue weighted by Crippen LogP contribution is 2.11. The van der Waals surface area contributed by atoms with Crippen molar-refractivity contribution in [2.45, 2.75) is 34.2 Å². The number of hydrogen-bond acceptors (Lipinski definition) is 2. The van der Waals surface area contributed by atoms with E-state index in [0.29, 0.717) is 18.4 Å². The molecule has 0 aromatic heterocycles. The van der Waals surface area contributed by atoms with Crippen molar-refractivity contribution in [1.29, 1.82) is 0 Å². The SMILES string of the molecule is Cc1ccc(CN=C(NCC(=O)N(C)C)NCC(C)C)c(C)c1. The molecule has 128 valence electrons. The Bertz CT molecular complexity index is 550. The van der Waals surface area contributed by atoms with Crippen LogP contribution in [0.1, 0.15) is 30.5 Å². The standard InChI is InChI=1S/C18H30N4O/c1-13(2)10-19-18(21-12-17(23)22(5)6)20-11-16-8-7-14(3)9-15(16)4/h7-9,13H,10-12H2,1-6H3,(H2,19,20,21). The number of hydrogen-bond donors (Lipinski definition) is 2. The monoisotopic (exact) mass is 318 g/mol. The molecule has 1 aromatic rings. The van der Waals surface area contributed by atoms with Gasteiger partial charge < -0.3 is 15.5 Å². The number of nitrogens with zero attached hydrogens (tertiary/aromatic N) is 2. The fourth-order valence-corrected chi connectivity index (χ4v) is 1.98. The van der Waals surface area contributed by atoms with Gasteiger partial charge in [0.1, 0.15) is 0 Å². The van der Waals surface area contributed by atoms with Crippen molar-refractivity contribution >= 4 is 11.9 Å². The van der Waals surface area contributed by atoms with Gasteiger partial charge in [-0.2, -0.15) is 0 Å². The molecule has 1 amide bonds. The molecule has 0 saturated carbocycles. The van der Waals surface area contributed by atoms with Crippen molar-refractivity contribution in [1.82, 2.24) is 15.5 Å². The molecular weight excluding hydrogens is 288 g/mol. The average molecular weight is 318 g/mol. The lowest BCUT2D eigenvalue weighted by atomic mass is 10.1. The van der Waals surface area contributed by atoms with Crippen LogP contribution in [0.2, 0.25) is 0 Å². The number of likely N-dealkylation sites (N-methyl/N-ethyl adjacent to an activating group) is 1. The molecule has 0 radical (unpaired) electrons. The van der Waals surface area contributed by atoms with E-state index in [0.717, 1.165) is 6.54 Å². The van der Waals surface area contributed by atoms with Gasteiger partial charge >= 0.3 is 0 Å². The van der Waals surface area contributed by atoms with Crippen molar-refractivity contribution < 1.29 is 4.79 Å². The summed E-state index contributed by atoms with van der Waals surface area (Å²) < 4.78 is 0. The Hall–Kier alpha value is -2.04. The van der Waals surface area contributed by atoms with Crippen LogP contribution in [-0.4, -0.2) is 44.0 Å². The van der Waals surface area contributed by atoms with Crippen LogP contribution in [0.4, 0.5) is 0 Å². The van der Waals surface area contributed by atoms with Crippen LogP contribution in [-0.2, 0) is 11.3 Å². The number of rotatable bonds is 6. The van der Waals surface area contributed by atoms with Gasteiger partial charge in [-0.15, -0.1) is 0 Å². The van der Waals surface area contributed by atoms with Crippen LogP contribution < -0.4 is 10.6 Å². The zero-order valence-corrected chi connectivity index (χ0v) is 15.2. The van der Waals surface area contributed by atoms with Gasteiger partial charge in [0.25, 0.3) is 0 Å². The van der Waals surface area contributed by atoms with E-state index in [1.165, 1.54) is 16.7 Å². The van der Waals surface area contributed by atoms with E-state index in [-0.39, 0.29) is 12.5 Å². The first-order valence-corrected chi connectivity index (χ1v) is 8.08. The number of nitrogens with one attached hydrogen (secondary N) is 2. The van der Waals surface area contributed by atoms with E-state index >= 15 is 0 Å². The predicted octanol–water partition coefficient (Wildman–Crippen LogP) is 2.08. The maximum atomic E-state index is 11.7. The number of carbonyl (C=O) groups excluding carboxylic acids is 1. The van der Waals surface area contributed by atoms with E-state index < -0.39 is 0 Å². The van der Waals surface area contributed by atoms with Gasteiger partial charge in [-0.3, -0.25) is 4.79 Å². The lowest BCUT2D eigenvalue weighted by Gasteiger charge is -2.16. The smallest absolute Gasteiger partial charge is 0.241 e. The minimum atomic E-state index is 0.0237. The summed E-state index contributed by atoms with van der Waals surface area (Å²) in [4.78, 5) is 17.9. The van der Waals surface area contributed by atoms with E-state index in [1.54, 1.807) is 19.0 Å². The molecule has 2 N–H and O–H groups in total. The van der Waals surface area contributed by atoms with Crippen LogP contribution in [0.15, 0.2) is 23.2 Å². The molecule has 5 heteroatoms. The first kappa shape index (κ1) is 19.0. The molecule has 23 heavy (non-hydrogen) atoms. The minimum absolute atomic E-state index is 0.0237. The second-order valence-corrected chi connectivity index (χ2v) is 6.51. The Morgan fingerprint density at radius 2 is 1.91 bits per heavy atom. The van der Waals surface area contributed by atoms with Crippen LogP contribution in [0.5, 0.6) is 0 Å². The third-order valence-electron chi connectivity index (χ3n) is 3.49. The maximum Gasteiger partial charge on any atom is 0.241 e. The normalized spacial score (nSPS) is 11.5. The molecule has 0 bridgehead atoms. The Balaban J connectivity index is 2.74. The number of benzene rings is 1. The first-order valence-electron chi connectivity index (χ1n) is 8.08. The number of amides is 1. The van der Waals surface area contributed by atoms with E-state index in [9.17, 15) is 4.79 Å². The lowest BCUT2D eigenvalue weighted by molar-refractivity contribution is -0.127. The van der Waals surface area contributed by atoms with Crippen LogP contribution in [0.3, 0.4) is 0 Å². The summed E-state index contributed by atoms with van der Waals surface area (Å²) in [5.74, 6) is 1.21. The molecule has 0 saturated heterocycles. The van der Waals surface area contributed by atoms with Crippen molar-refractivity contribution in [3.8, 4) is 0 Å². The molecule has 0 fully saturated rings. The summed E-state index contributed by atoms with van der Waals surface area (Å²) in [5.41, 5.74) is 3.68. The van der Waals surface area contributed by atoms with E-state index in [1.807, 2.05) is 0 Å². The van der Waals surface area contributed by atoms with E-state index in [4.69, 9.17) is 0 Å². The molecule has 1 rings (SSSR count). The van der Waals surface area contributed by atoms with Crippen molar-refractivity contribution in [3.63, 3.8) is 0 Å². The van der Waals surface area contributed by atoms with Crippen molar-refractivity contribution in [3.05, 3.63) is 34.9 Å². The van der Waals surface area contributed by atoms with E-state index in [2.05, 4.69) is 61.5 Å². The zero-order chi connectivity index (χ0) is 17.4. The third kappa shape index (κ3) is 7.17. The van der Waals surface area contributed by atoms with Gasteiger partial charge in [0, 0.05) is 20.6 Å². The number of carbonyl (C=O) groups is 1. The van der Waals surface area contributed by atoms with Crippen molar-refractivity contribution in [2.24, 2.45) is 10.9 Å². The Kier molecular flexibility index (Phi) is 7.59. The minimum Gasteiger partial charge on any atom is -0.356 e. The number of aliphatic imine (C=N–C) groups is 1. The maximum absolute atomic E-state index is 11.7. The molecule has 1 aromatic carbocycles. The average Bonchev–Trinajstić information content (AvgIpc) is 2.47. The topological polar surface area (TPSA) is 56.7 Å². The summed E-state index contributed by atoms with van der Waals surface area (Å²) in [7, 11) is 3.50. The second-order valence-electron chi connectivity index (χ2n) is 6.51. The molecule has 0 aliphatic heterocycles. The second kappa shape index (κ2) is 9.18. The first-order chi connectivity index (χ1) is 10.8. The summed E-state index contributed by atoms with van der Waals surface area (Å²) in [6.45, 7) is 10.1. The van der Waals surface area contributed by atoms with Gasteiger partial charge in [0.05, 0.1) is 13.1 Å². The largest absolute Gasteiger partial charge is 0.356 e. The van der Waals surface area contributed by atoms with Gasteiger partial charge in [-0.25, -0.2) is 4.99 Å². The fraction of sp³-hybridized carbons (Fsp3) is 0.556. The zero-order valence-electron chi connectivity index (χ0n) is 15.2. The molecule has 0 spiro atoms. The molecule has 5 nitrogen and oxygen atoms in total. The van der Waals surface area contributed by atoms with Gasteiger partial charge in [0.15, 0.2) is 5.96 Å². The molecular formula is C18H30N4O. The van der Waals surface area contributed by atoms with Gasteiger partial charge in [0.2, 0.25) is 5.91 Å². The highest BCUT2D eigenvalue weighted by molar-refractivity contribution is 5.86. The summed E-state index contributed by atoms with van der Waals surface area (Å²) in [6, 6.07) is 6.37. The molecule has 0 atom stereocenters. The van der Waals surface area contributed by atoms with Crippen LogP contribution in [0, 0.1) is 19.8 Å². The Labute approximate surface area is 140 Å². The molecule has 0 heterocycles. The third-order valence-corrected chi connectivity index (χ3v) is 3.49. The van der Waals surface area contributed by atoms with Crippen molar-refractivity contribution in [2.75, 3.05) is 27.2 Å². The Morgan fingerprint density at radius 3 is 2.48 bits per heavy atom. The molecule has 0 unspecified atom stereocenters. The summed E-state index contributed by atoms with van der Waals surface area (Å²) in [5, 5.41) is 6.39. The van der Waals surface area contributed by atoms with Gasteiger partial charge in [-0.1, -0.05) is 37.6 Å². The molecule has 0 aliphatic rings. The number of aryl methyl sites for hydroxylation is 2. The highest BCUT2D eigenvalue weighted by Gasteiger charge is 2.07. The highest BCUT2D eigenvalue weighted by atomic mass is 16.2. The van der Waals surface area contributed by atoms with Crippen LogP contribution >= 0.6 is 0 Å². The number of guanidine groups is 1. The quantitative estimate of drug-likeness (QED) is 0.624. The summed E-state index contributed by atoms with van der Waals surface area (Å²) >= 11 is 0. The van der Waals surface area contributed by atoms with Crippen LogP contribution in [0.25, 0.3) is 0 Å². The summed E-state index contributed by atoms with van der Waals surface area (Å²) in [6.07, 6.45) is 0. The van der Waals surface area contributed by atoms with Gasteiger partial charge in [-0.05, 0) is 30.9 Å².